The van der Waals surface area contributed by atoms with Crippen molar-refractivity contribution in [1.82, 2.24) is 15.1 Å². The summed E-state index contributed by atoms with van der Waals surface area (Å²) in [6, 6.07) is 11.6. The topological polar surface area (TPSA) is 123 Å². The second-order valence-corrected chi connectivity index (χ2v) is 6.94. The van der Waals surface area contributed by atoms with Gasteiger partial charge in [-0.25, -0.2) is 4.68 Å². The Morgan fingerprint density at radius 3 is 2.45 bits per heavy atom. The van der Waals surface area contributed by atoms with Gasteiger partial charge in [0.1, 0.15) is 11.5 Å². The van der Waals surface area contributed by atoms with Crippen LogP contribution in [0.25, 0.3) is 5.69 Å². The predicted molar refractivity (Wildman–Crippen MR) is 112 cm³/mol. The Balaban J connectivity index is 1.89. The van der Waals surface area contributed by atoms with Gasteiger partial charge in [-0.1, -0.05) is 11.6 Å². The van der Waals surface area contributed by atoms with Crippen molar-refractivity contribution in [1.29, 1.82) is 0 Å². The third-order valence-electron chi connectivity index (χ3n) is 4.49. The summed E-state index contributed by atoms with van der Waals surface area (Å²) in [5.41, 5.74) is 0.871. The number of benzene rings is 2. The number of ether oxygens (including phenoxy) is 2. The van der Waals surface area contributed by atoms with Gasteiger partial charge in [0, 0.05) is 22.7 Å². The zero-order valence-corrected chi connectivity index (χ0v) is 17.5. The molecule has 0 saturated heterocycles. The van der Waals surface area contributed by atoms with Crippen LogP contribution in [0.4, 0.5) is 0 Å². The quantitative estimate of drug-likeness (QED) is 0.486. The number of carbonyl (C=O) groups is 2. The molecule has 1 unspecified atom stereocenters. The molecule has 3 rings (SSSR count). The van der Waals surface area contributed by atoms with E-state index in [0.29, 0.717) is 27.8 Å². The first-order chi connectivity index (χ1) is 14.8. The summed E-state index contributed by atoms with van der Waals surface area (Å²) in [6.45, 7) is 0. The first kappa shape index (κ1) is 22.0. The zero-order chi connectivity index (χ0) is 22.5. The minimum absolute atomic E-state index is 0.0877. The molecule has 0 saturated carbocycles. The highest BCUT2D eigenvalue weighted by Gasteiger charge is 2.24. The highest BCUT2D eigenvalue weighted by molar-refractivity contribution is 6.30. The maximum Gasteiger partial charge on any atom is 0.305 e. The molecule has 162 valence electrons. The van der Waals surface area contributed by atoms with Crippen LogP contribution in [-0.4, -0.2) is 46.1 Å². The average Bonchev–Trinajstić information content (AvgIpc) is 3.14. The summed E-state index contributed by atoms with van der Waals surface area (Å²) in [5, 5.41) is 26.8. The van der Waals surface area contributed by atoms with E-state index in [2.05, 4.69) is 10.4 Å². The predicted octanol–water partition coefficient (Wildman–Crippen LogP) is 3.19. The largest absolute Gasteiger partial charge is 0.497 e. The molecule has 1 amide bonds. The van der Waals surface area contributed by atoms with Crippen LogP contribution in [0, 0.1) is 0 Å². The molecule has 9 nitrogen and oxygen atoms in total. The standard InChI is InChI=1S/C21H20ClN3O6/c1-30-14-7-8-15(18(9-14)31-2)16(11-20(27)28)23-21(29)17-10-19(26)25(24-17)13-5-3-12(22)4-6-13/h3-10,16,26H,11H2,1-2H3,(H,23,29)(H,27,28). The van der Waals surface area contributed by atoms with Crippen LogP contribution in [0.1, 0.15) is 28.5 Å². The first-order valence-electron chi connectivity index (χ1n) is 9.12. The molecule has 31 heavy (non-hydrogen) atoms. The molecule has 3 N–H and O–H groups in total. The van der Waals surface area contributed by atoms with Crippen molar-refractivity contribution in [3.05, 3.63) is 64.8 Å². The van der Waals surface area contributed by atoms with Gasteiger partial charge in [0.2, 0.25) is 5.88 Å². The maximum atomic E-state index is 12.8. The van der Waals surface area contributed by atoms with Crippen molar-refractivity contribution in [2.45, 2.75) is 12.5 Å². The van der Waals surface area contributed by atoms with Crippen LogP contribution < -0.4 is 14.8 Å². The molecular formula is C21H20ClN3O6. The van der Waals surface area contributed by atoms with E-state index in [1.54, 1.807) is 42.5 Å². The van der Waals surface area contributed by atoms with Crippen molar-refractivity contribution in [3.8, 4) is 23.1 Å². The maximum absolute atomic E-state index is 12.8. The smallest absolute Gasteiger partial charge is 0.305 e. The Hall–Kier alpha value is -3.72. The van der Waals surface area contributed by atoms with Crippen molar-refractivity contribution < 1.29 is 29.3 Å². The minimum atomic E-state index is -1.11. The van der Waals surface area contributed by atoms with Gasteiger partial charge in [0.05, 0.1) is 32.4 Å². The second kappa shape index (κ2) is 9.40. The van der Waals surface area contributed by atoms with Crippen LogP contribution in [-0.2, 0) is 4.79 Å². The summed E-state index contributed by atoms with van der Waals surface area (Å²) in [5.74, 6) is -1.15. The monoisotopic (exact) mass is 445 g/mol. The average molecular weight is 446 g/mol. The highest BCUT2D eigenvalue weighted by atomic mass is 35.5. The van der Waals surface area contributed by atoms with E-state index in [1.165, 1.54) is 25.0 Å². The lowest BCUT2D eigenvalue weighted by atomic mass is 10.0. The van der Waals surface area contributed by atoms with E-state index < -0.39 is 24.3 Å². The van der Waals surface area contributed by atoms with Crippen LogP contribution in [0.3, 0.4) is 0 Å². The highest BCUT2D eigenvalue weighted by Crippen LogP contribution is 2.31. The summed E-state index contributed by atoms with van der Waals surface area (Å²) in [6.07, 6.45) is -0.391. The first-order valence-corrected chi connectivity index (χ1v) is 9.49. The van der Waals surface area contributed by atoms with Gasteiger partial charge < -0.3 is 25.0 Å². The number of rotatable bonds is 8. The molecule has 0 spiro atoms. The third-order valence-corrected chi connectivity index (χ3v) is 4.75. The fraction of sp³-hybridized carbons (Fsp3) is 0.190. The molecule has 0 aliphatic carbocycles. The number of halogens is 1. The number of aromatic nitrogens is 2. The Morgan fingerprint density at radius 2 is 1.84 bits per heavy atom. The summed E-state index contributed by atoms with van der Waals surface area (Å²) >= 11 is 5.87. The number of aromatic hydroxyl groups is 1. The van der Waals surface area contributed by atoms with Crippen LogP contribution in [0.5, 0.6) is 17.4 Å². The van der Waals surface area contributed by atoms with Gasteiger partial charge in [-0.2, -0.15) is 5.10 Å². The number of aliphatic carboxylic acids is 1. The number of hydrogen-bond donors (Lipinski definition) is 3. The van der Waals surface area contributed by atoms with Crippen molar-refractivity contribution in [3.63, 3.8) is 0 Å². The van der Waals surface area contributed by atoms with E-state index >= 15 is 0 Å². The molecule has 1 atom stereocenters. The van der Waals surface area contributed by atoms with Gasteiger partial charge >= 0.3 is 5.97 Å². The SMILES string of the molecule is COc1ccc(C(CC(=O)O)NC(=O)c2cc(O)n(-c3ccc(Cl)cc3)n2)c(OC)c1. The molecule has 3 aromatic rings. The van der Waals surface area contributed by atoms with Crippen molar-refractivity contribution in [2.75, 3.05) is 14.2 Å². The van der Waals surface area contributed by atoms with Crippen LogP contribution >= 0.6 is 11.6 Å². The van der Waals surface area contributed by atoms with Gasteiger partial charge in [-0.05, 0) is 36.4 Å². The molecular weight excluding hydrogens is 426 g/mol. The summed E-state index contributed by atoms with van der Waals surface area (Å²) in [4.78, 5) is 24.2. The van der Waals surface area contributed by atoms with Crippen molar-refractivity contribution >= 4 is 23.5 Å². The fourth-order valence-electron chi connectivity index (χ4n) is 3.01. The van der Waals surface area contributed by atoms with E-state index in [0.717, 1.165) is 0 Å². The molecule has 1 aromatic heterocycles. The van der Waals surface area contributed by atoms with Crippen LogP contribution in [0.2, 0.25) is 5.02 Å². The number of amides is 1. The number of carbonyl (C=O) groups excluding carboxylic acids is 1. The molecule has 1 heterocycles. The van der Waals surface area contributed by atoms with Gasteiger partial charge in [-0.3, -0.25) is 9.59 Å². The fourth-order valence-corrected chi connectivity index (χ4v) is 3.13. The number of nitrogens with one attached hydrogen (secondary N) is 1. The number of carboxylic acid groups (broad SMARTS) is 1. The van der Waals surface area contributed by atoms with E-state index in [9.17, 15) is 19.8 Å². The molecule has 2 aromatic carbocycles. The summed E-state index contributed by atoms with van der Waals surface area (Å²) < 4.78 is 11.7. The molecule has 0 aliphatic heterocycles. The molecule has 0 fully saturated rings. The lowest BCUT2D eigenvalue weighted by Gasteiger charge is -2.20. The Morgan fingerprint density at radius 1 is 1.13 bits per heavy atom. The molecule has 0 aliphatic rings. The zero-order valence-electron chi connectivity index (χ0n) is 16.7. The van der Waals surface area contributed by atoms with Crippen molar-refractivity contribution in [2.24, 2.45) is 0 Å². The molecule has 0 bridgehead atoms. The summed E-state index contributed by atoms with van der Waals surface area (Å²) in [7, 11) is 2.93. The van der Waals surface area contributed by atoms with E-state index in [4.69, 9.17) is 21.1 Å². The third kappa shape index (κ3) is 5.07. The lowest BCUT2D eigenvalue weighted by molar-refractivity contribution is -0.137. The normalized spacial score (nSPS) is 11.6. The Labute approximate surface area is 182 Å². The molecule has 10 heteroatoms. The second-order valence-electron chi connectivity index (χ2n) is 6.51. The lowest BCUT2D eigenvalue weighted by Crippen LogP contribution is -2.31. The minimum Gasteiger partial charge on any atom is -0.497 e. The van der Waals surface area contributed by atoms with Gasteiger partial charge in [-0.15, -0.1) is 0 Å². The van der Waals surface area contributed by atoms with Gasteiger partial charge in [0.15, 0.2) is 5.69 Å². The Kier molecular flexibility index (Phi) is 6.66. The van der Waals surface area contributed by atoms with Gasteiger partial charge in [0.25, 0.3) is 5.91 Å². The van der Waals surface area contributed by atoms with E-state index in [-0.39, 0.29) is 11.6 Å². The number of nitrogens with zero attached hydrogens (tertiary/aromatic N) is 2. The Bertz CT molecular complexity index is 1100. The number of methoxy groups -OCH3 is 2. The number of hydrogen-bond acceptors (Lipinski definition) is 6. The number of carboxylic acids is 1. The van der Waals surface area contributed by atoms with Crippen LogP contribution in [0.15, 0.2) is 48.5 Å². The molecule has 0 radical (unpaired) electrons. The van der Waals surface area contributed by atoms with E-state index in [1.807, 2.05) is 0 Å².